The molecule has 1 aromatic rings. The summed E-state index contributed by atoms with van der Waals surface area (Å²) in [6, 6.07) is 4.35. The lowest BCUT2D eigenvalue weighted by Gasteiger charge is -2.24. The molecule has 2 saturated heterocycles. The Morgan fingerprint density at radius 2 is 1.90 bits per heavy atom. The number of nitrogens with zero attached hydrogens (tertiary/aromatic N) is 5. The van der Waals surface area contributed by atoms with Crippen LogP contribution in [-0.4, -0.2) is 73.1 Å². The largest absolute Gasteiger partial charge is 0.357 e. The monoisotopic (exact) mass is 414 g/mol. The van der Waals surface area contributed by atoms with E-state index in [0.717, 1.165) is 63.5 Å². The highest BCUT2D eigenvalue weighted by molar-refractivity contribution is 5.80. The highest BCUT2D eigenvalue weighted by atomic mass is 15.3. The zero-order valence-corrected chi connectivity index (χ0v) is 19.4. The molecule has 0 radical (unpaired) electrons. The Morgan fingerprint density at radius 1 is 1.13 bits per heavy atom. The number of hydrogen-bond acceptors (Lipinski definition) is 4. The summed E-state index contributed by atoms with van der Waals surface area (Å²) in [6.07, 6.45) is 8.45. The minimum absolute atomic E-state index is 0.711. The molecule has 0 aliphatic carbocycles. The molecule has 168 valence electrons. The number of aromatic nitrogens is 1. The second-order valence-electron chi connectivity index (χ2n) is 8.68. The fourth-order valence-corrected chi connectivity index (χ4v) is 4.64. The van der Waals surface area contributed by atoms with Gasteiger partial charge in [-0.15, -0.1) is 0 Å². The number of nitrogens with one attached hydrogen (secondary N) is 1. The van der Waals surface area contributed by atoms with E-state index in [9.17, 15) is 0 Å². The van der Waals surface area contributed by atoms with Crippen molar-refractivity contribution >= 4 is 11.8 Å². The average molecular weight is 415 g/mol. The number of anilines is 1. The predicted octanol–water partition coefficient (Wildman–Crippen LogP) is 3.59. The van der Waals surface area contributed by atoms with Crippen LogP contribution in [0.2, 0.25) is 0 Å². The van der Waals surface area contributed by atoms with Gasteiger partial charge in [-0.05, 0) is 62.9 Å². The normalized spacial score (nSPS) is 20.7. The molecular weight excluding hydrogens is 372 g/mol. The van der Waals surface area contributed by atoms with Crippen molar-refractivity contribution in [3.05, 3.63) is 23.9 Å². The average Bonchev–Trinajstić information content (AvgIpc) is 3.06. The van der Waals surface area contributed by atoms with E-state index in [2.05, 4.69) is 57.9 Å². The van der Waals surface area contributed by atoms with Gasteiger partial charge in [-0.2, -0.15) is 0 Å². The molecule has 0 spiro atoms. The summed E-state index contributed by atoms with van der Waals surface area (Å²) in [6.45, 7) is 16.3. The molecule has 2 fully saturated rings. The number of likely N-dealkylation sites (tertiary alicyclic amines) is 1. The molecule has 3 rings (SSSR count). The molecule has 0 bridgehead atoms. The van der Waals surface area contributed by atoms with Gasteiger partial charge in [-0.1, -0.05) is 26.7 Å². The van der Waals surface area contributed by atoms with Crippen molar-refractivity contribution in [1.29, 1.82) is 0 Å². The van der Waals surface area contributed by atoms with Gasteiger partial charge in [-0.25, -0.2) is 9.98 Å². The van der Waals surface area contributed by atoms with E-state index in [1.54, 1.807) is 0 Å². The van der Waals surface area contributed by atoms with Crippen molar-refractivity contribution in [2.24, 2.45) is 10.9 Å². The standard InChI is InChI=1S/C24H42N6/c1-4-25-24(30-16-12-22(20-30)19-28(5-2)6-3)27-18-21-11-13-26-23(17-21)29-14-9-7-8-10-15-29/h11,13,17,22H,4-10,12,14-16,18-20H2,1-3H3,(H,25,27). The Hall–Kier alpha value is -1.82. The molecule has 1 N–H and O–H groups in total. The van der Waals surface area contributed by atoms with Gasteiger partial charge in [0, 0.05) is 45.5 Å². The van der Waals surface area contributed by atoms with E-state index in [4.69, 9.17) is 4.99 Å². The van der Waals surface area contributed by atoms with Crippen molar-refractivity contribution < 1.29 is 0 Å². The summed E-state index contributed by atoms with van der Waals surface area (Å²) < 4.78 is 0. The minimum Gasteiger partial charge on any atom is -0.357 e. The number of guanidine groups is 1. The van der Waals surface area contributed by atoms with Crippen LogP contribution in [0.1, 0.15) is 58.4 Å². The highest BCUT2D eigenvalue weighted by Gasteiger charge is 2.26. The van der Waals surface area contributed by atoms with Crippen molar-refractivity contribution in [2.75, 3.05) is 57.3 Å². The molecule has 1 unspecified atom stereocenters. The van der Waals surface area contributed by atoms with Crippen LogP contribution in [0.4, 0.5) is 5.82 Å². The molecule has 30 heavy (non-hydrogen) atoms. The Bertz CT molecular complexity index is 649. The summed E-state index contributed by atoms with van der Waals surface area (Å²) in [5, 5.41) is 3.52. The van der Waals surface area contributed by atoms with Crippen LogP contribution in [0.3, 0.4) is 0 Å². The molecule has 0 amide bonds. The van der Waals surface area contributed by atoms with E-state index in [0.29, 0.717) is 6.54 Å². The van der Waals surface area contributed by atoms with Gasteiger partial charge >= 0.3 is 0 Å². The lowest BCUT2D eigenvalue weighted by Crippen LogP contribution is -2.40. The number of rotatable bonds is 8. The van der Waals surface area contributed by atoms with E-state index >= 15 is 0 Å². The summed E-state index contributed by atoms with van der Waals surface area (Å²) in [7, 11) is 0. The van der Waals surface area contributed by atoms with Crippen LogP contribution in [0, 0.1) is 5.92 Å². The van der Waals surface area contributed by atoms with Crippen LogP contribution in [0.15, 0.2) is 23.3 Å². The zero-order chi connectivity index (χ0) is 21.2. The molecule has 0 aromatic carbocycles. The molecule has 6 nitrogen and oxygen atoms in total. The maximum Gasteiger partial charge on any atom is 0.194 e. The lowest BCUT2D eigenvalue weighted by atomic mass is 10.1. The first-order valence-electron chi connectivity index (χ1n) is 12.2. The first-order valence-corrected chi connectivity index (χ1v) is 12.2. The molecule has 2 aliphatic heterocycles. The second-order valence-corrected chi connectivity index (χ2v) is 8.68. The molecule has 6 heteroatoms. The van der Waals surface area contributed by atoms with Crippen LogP contribution in [0.25, 0.3) is 0 Å². The van der Waals surface area contributed by atoms with Gasteiger partial charge in [0.05, 0.1) is 6.54 Å². The van der Waals surface area contributed by atoms with E-state index < -0.39 is 0 Å². The third kappa shape index (κ3) is 6.59. The maximum atomic E-state index is 5.00. The molecule has 0 saturated carbocycles. The highest BCUT2D eigenvalue weighted by Crippen LogP contribution is 2.20. The maximum absolute atomic E-state index is 5.00. The summed E-state index contributed by atoms with van der Waals surface area (Å²) in [4.78, 5) is 17.1. The van der Waals surface area contributed by atoms with Crippen LogP contribution in [0.5, 0.6) is 0 Å². The fourth-order valence-electron chi connectivity index (χ4n) is 4.64. The van der Waals surface area contributed by atoms with Crippen molar-refractivity contribution in [2.45, 2.75) is 59.4 Å². The Kier molecular flexibility index (Phi) is 9.25. The van der Waals surface area contributed by atoms with Crippen molar-refractivity contribution in [3.63, 3.8) is 0 Å². The van der Waals surface area contributed by atoms with Crippen LogP contribution >= 0.6 is 0 Å². The Morgan fingerprint density at radius 3 is 2.60 bits per heavy atom. The SMILES string of the molecule is CCNC(=NCc1ccnc(N2CCCCCC2)c1)N1CCC(CN(CC)CC)C1. The van der Waals surface area contributed by atoms with Crippen LogP contribution in [-0.2, 0) is 6.54 Å². The quantitative estimate of drug-likeness (QED) is 0.520. The van der Waals surface area contributed by atoms with Gasteiger partial charge < -0.3 is 20.0 Å². The number of aliphatic imine (C=N–C) groups is 1. The number of pyridine rings is 1. The first kappa shape index (κ1) is 22.9. The summed E-state index contributed by atoms with van der Waals surface area (Å²) >= 11 is 0. The third-order valence-electron chi connectivity index (χ3n) is 6.48. The molecule has 2 aliphatic rings. The lowest BCUT2D eigenvalue weighted by molar-refractivity contribution is 0.255. The van der Waals surface area contributed by atoms with Gasteiger partial charge in [0.25, 0.3) is 0 Å². The van der Waals surface area contributed by atoms with E-state index in [-0.39, 0.29) is 0 Å². The van der Waals surface area contributed by atoms with E-state index in [1.807, 2.05) is 6.20 Å². The molecule has 1 aromatic heterocycles. The van der Waals surface area contributed by atoms with Crippen LogP contribution < -0.4 is 10.2 Å². The second kappa shape index (κ2) is 12.1. The zero-order valence-electron chi connectivity index (χ0n) is 19.4. The molecule has 3 heterocycles. The summed E-state index contributed by atoms with van der Waals surface area (Å²) in [5.41, 5.74) is 1.25. The number of hydrogen-bond donors (Lipinski definition) is 1. The fraction of sp³-hybridized carbons (Fsp3) is 0.750. The first-order chi connectivity index (χ1) is 14.7. The smallest absolute Gasteiger partial charge is 0.194 e. The van der Waals surface area contributed by atoms with E-state index in [1.165, 1.54) is 44.2 Å². The van der Waals surface area contributed by atoms with Crippen molar-refractivity contribution in [1.82, 2.24) is 20.1 Å². The van der Waals surface area contributed by atoms with Gasteiger partial charge in [-0.3, -0.25) is 0 Å². The van der Waals surface area contributed by atoms with Gasteiger partial charge in [0.1, 0.15) is 5.82 Å². The summed E-state index contributed by atoms with van der Waals surface area (Å²) in [5.74, 6) is 2.92. The Balaban J connectivity index is 1.61. The molecular formula is C24H42N6. The topological polar surface area (TPSA) is 47.0 Å². The Labute approximate surface area is 183 Å². The minimum atomic E-state index is 0.711. The third-order valence-corrected chi connectivity index (χ3v) is 6.48. The van der Waals surface area contributed by atoms with Gasteiger partial charge in [0.2, 0.25) is 0 Å². The predicted molar refractivity (Wildman–Crippen MR) is 127 cm³/mol. The van der Waals surface area contributed by atoms with Gasteiger partial charge in [0.15, 0.2) is 5.96 Å². The molecule has 1 atom stereocenters. The van der Waals surface area contributed by atoms with Crippen molar-refractivity contribution in [3.8, 4) is 0 Å².